The van der Waals surface area contributed by atoms with Crippen molar-refractivity contribution in [3.05, 3.63) is 69.7 Å². The smallest absolute Gasteiger partial charge is 0.251 e. The van der Waals surface area contributed by atoms with E-state index in [0.29, 0.717) is 17.0 Å². The Labute approximate surface area is 128 Å². The van der Waals surface area contributed by atoms with E-state index in [1.54, 1.807) is 18.2 Å². The molecule has 0 bridgehead atoms. The van der Waals surface area contributed by atoms with Crippen molar-refractivity contribution in [1.82, 2.24) is 5.32 Å². The minimum Gasteiger partial charge on any atom is -0.390 e. The number of benzene rings is 2. The van der Waals surface area contributed by atoms with Gasteiger partial charge in [0.25, 0.3) is 5.91 Å². The van der Waals surface area contributed by atoms with Crippen molar-refractivity contribution in [3.8, 4) is 0 Å². The number of aliphatic hydroxyl groups is 1. The Balaban J connectivity index is 1.85. The maximum absolute atomic E-state index is 12.4. The number of rotatable bonds is 2. The van der Waals surface area contributed by atoms with Crippen LogP contribution in [0, 0.1) is 6.92 Å². The topological polar surface area (TPSA) is 49.3 Å². The van der Waals surface area contributed by atoms with Gasteiger partial charge in [0, 0.05) is 17.0 Å². The first-order valence-corrected chi connectivity index (χ1v) is 7.26. The predicted octanol–water partition coefficient (Wildman–Crippen LogP) is 3.04. The minimum atomic E-state index is -0.591. The molecule has 3 rings (SSSR count). The zero-order valence-electron chi connectivity index (χ0n) is 11.6. The summed E-state index contributed by atoms with van der Waals surface area (Å²) >= 11 is 5.99. The number of halogens is 1. The van der Waals surface area contributed by atoms with Crippen molar-refractivity contribution in [2.75, 3.05) is 0 Å². The van der Waals surface area contributed by atoms with Gasteiger partial charge in [-0.1, -0.05) is 35.9 Å². The van der Waals surface area contributed by atoms with Crippen LogP contribution in [0.5, 0.6) is 0 Å². The summed E-state index contributed by atoms with van der Waals surface area (Å²) < 4.78 is 0. The van der Waals surface area contributed by atoms with Gasteiger partial charge in [-0.05, 0) is 41.8 Å². The van der Waals surface area contributed by atoms with E-state index in [9.17, 15) is 9.90 Å². The molecular weight excluding hydrogens is 286 g/mol. The number of carbonyl (C=O) groups is 1. The highest BCUT2D eigenvalue weighted by molar-refractivity contribution is 6.31. The van der Waals surface area contributed by atoms with E-state index in [-0.39, 0.29) is 11.9 Å². The summed E-state index contributed by atoms with van der Waals surface area (Å²) in [4.78, 5) is 12.4. The van der Waals surface area contributed by atoms with Crippen LogP contribution in [0.25, 0.3) is 0 Å². The lowest BCUT2D eigenvalue weighted by Gasteiger charge is -2.18. The first-order valence-electron chi connectivity index (χ1n) is 6.88. The summed E-state index contributed by atoms with van der Waals surface area (Å²) in [5, 5.41) is 13.6. The lowest BCUT2D eigenvalue weighted by atomic mass is 10.1. The third kappa shape index (κ3) is 2.80. The van der Waals surface area contributed by atoms with E-state index in [4.69, 9.17) is 11.6 Å². The summed E-state index contributed by atoms with van der Waals surface area (Å²) in [6, 6.07) is 12.6. The van der Waals surface area contributed by atoms with Crippen LogP contribution >= 0.6 is 11.6 Å². The summed E-state index contributed by atoms with van der Waals surface area (Å²) in [7, 11) is 0. The van der Waals surface area contributed by atoms with E-state index in [0.717, 1.165) is 16.7 Å². The second-order valence-corrected chi connectivity index (χ2v) is 5.88. The summed E-state index contributed by atoms with van der Waals surface area (Å²) in [5.41, 5.74) is 3.51. The zero-order valence-corrected chi connectivity index (χ0v) is 12.4. The second-order valence-electron chi connectivity index (χ2n) is 5.44. The number of aryl methyl sites for hydroxylation is 1. The molecule has 1 aliphatic carbocycles. The van der Waals surface area contributed by atoms with Crippen LogP contribution in [-0.2, 0) is 6.42 Å². The van der Waals surface area contributed by atoms with Crippen LogP contribution in [-0.4, -0.2) is 17.1 Å². The standard InChI is InChI=1S/C17H16ClNO2/c1-10-6-12(8-13(18)7-10)17(21)19-16-14-5-3-2-4-11(14)9-15(16)20/h2-8,15-16,20H,9H2,1H3,(H,19,21)/t15-,16+/m0/s1. The predicted molar refractivity (Wildman–Crippen MR) is 82.5 cm³/mol. The van der Waals surface area contributed by atoms with Gasteiger partial charge in [0.05, 0.1) is 12.1 Å². The Morgan fingerprint density at radius 3 is 2.81 bits per heavy atom. The molecule has 0 aromatic heterocycles. The highest BCUT2D eigenvalue weighted by Crippen LogP contribution is 2.31. The molecule has 0 spiro atoms. The maximum Gasteiger partial charge on any atom is 0.251 e. The molecule has 108 valence electrons. The van der Waals surface area contributed by atoms with Crippen molar-refractivity contribution in [2.45, 2.75) is 25.5 Å². The number of aliphatic hydroxyl groups excluding tert-OH is 1. The van der Waals surface area contributed by atoms with Gasteiger partial charge in [0.2, 0.25) is 0 Å². The molecule has 0 aliphatic heterocycles. The molecule has 2 atom stereocenters. The van der Waals surface area contributed by atoms with Gasteiger partial charge in [0.1, 0.15) is 0 Å². The van der Waals surface area contributed by atoms with Crippen LogP contribution in [0.4, 0.5) is 0 Å². The van der Waals surface area contributed by atoms with Gasteiger partial charge in [0.15, 0.2) is 0 Å². The van der Waals surface area contributed by atoms with E-state index in [2.05, 4.69) is 5.32 Å². The van der Waals surface area contributed by atoms with Crippen LogP contribution in [0.2, 0.25) is 5.02 Å². The molecule has 4 heteroatoms. The molecule has 0 saturated carbocycles. The normalized spacial score (nSPS) is 20.1. The molecule has 0 radical (unpaired) electrons. The largest absolute Gasteiger partial charge is 0.390 e. The minimum absolute atomic E-state index is 0.221. The van der Waals surface area contributed by atoms with Crippen molar-refractivity contribution >= 4 is 17.5 Å². The highest BCUT2D eigenvalue weighted by atomic mass is 35.5. The number of hydrogen-bond acceptors (Lipinski definition) is 2. The summed E-state index contributed by atoms with van der Waals surface area (Å²) in [6.45, 7) is 1.89. The average molecular weight is 302 g/mol. The van der Waals surface area contributed by atoms with Crippen LogP contribution in [0.1, 0.15) is 33.1 Å². The molecule has 2 aromatic carbocycles. The van der Waals surface area contributed by atoms with Gasteiger partial charge in [-0.3, -0.25) is 4.79 Å². The monoisotopic (exact) mass is 301 g/mol. The molecule has 0 heterocycles. The van der Waals surface area contributed by atoms with Gasteiger partial charge in [-0.15, -0.1) is 0 Å². The van der Waals surface area contributed by atoms with Crippen LogP contribution in [0.3, 0.4) is 0 Å². The van der Waals surface area contributed by atoms with E-state index >= 15 is 0 Å². The Morgan fingerprint density at radius 1 is 1.29 bits per heavy atom. The van der Waals surface area contributed by atoms with Gasteiger partial charge in [-0.25, -0.2) is 0 Å². The summed E-state index contributed by atoms with van der Waals surface area (Å²) in [6.07, 6.45) is -0.0259. The van der Waals surface area contributed by atoms with Crippen molar-refractivity contribution in [2.24, 2.45) is 0 Å². The number of fused-ring (bicyclic) bond motifs is 1. The SMILES string of the molecule is Cc1cc(Cl)cc(C(=O)N[C@@H]2c3ccccc3C[C@@H]2O)c1. The molecule has 21 heavy (non-hydrogen) atoms. The molecular formula is C17H16ClNO2. The third-order valence-corrected chi connectivity index (χ3v) is 4.01. The molecule has 0 saturated heterocycles. The van der Waals surface area contributed by atoms with E-state index < -0.39 is 6.10 Å². The quantitative estimate of drug-likeness (QED) is 0.896. The third-order valence-electron chi connectivity index (χ3n) is 3.79. The Morgan fingerprint density at radius 2 is 2.05 bits per heavy atom. The molecule has 1 aliphatic rings. The maximum atomic E-state index is 12.4. The van der Waals surface area contributed by atoms with Crippen LogP contribution in [0.15, 0.2) is 42.5 Å². The molecule has 3 nitrogen and oxygen atoms in total. The van der Waals surface area contributed by atoms with Crippen molar-refractivity contribution in [3.63, 3.8) is 0 Å². The first-order chi connectivity index (χ1) is 10.0. The van der Waals surface area contributed by atoms with Crippen molar-refractivity contribution in [1.29, 1.82) is 0 Å². The molecule has 2 N–H and O–H groups in total. The van der Waals surface area contributed by atoms with E-state index in [1.807, 2.05) is 31.2 Å². The van der Waals surface area contributed by atoms with Crippen LogP contribution < -0.4 is 5.32 Å². The average Bonchev–Trinajstić information content (AvgIpc) is 2.74. The highest BCUT2D eigenvalue weighted by Gasteiger charge is 2.32. The lowest BCUT2D eigenvalue weighted by molar-refractivity contribution is 0.0858. The first kappa shape index (κ1) is 14.1. The fourth-order valence-corrected chi connectivity index (χ4v) is 3.13. The fourth-order valence-electron chi connectivity index (χ4n) is 2.84. The number of nitrogens with one attached hydrogen (secondary N) is 1. The molecule has 0 fully saturated rings. The number of carbonyl (C=O) groups excluding carboxylic acids is 1. The molecule has 1 amide bonds. The van der Waals surface area contributed by atoms with Gasteiger partial charge in [-0.2, -0.15) is 0 Å². The summed E-state index contributed by atoms with van der Waals surface area (Å²) in [5.74, 6) is -0.221. The number of amides is 1. The second kappa shape index (κ2) is 5.51. The number of hydrogen-bond donors (Lipinski definition) is 2. The van der Waals surface area contributed by atoms with Crippen molar-refractivity contribution < 1.29 is 9.90 Å². The molecule has 2 aromatic rings. The Hall–Kier alpha value is -1.84. The van der Waals surface area contributed by atoms with Gasteiger partial charge >= 0.3 is 0 Å². The zero-order chi connectivity index (χ0) is 15.0. The Bertz CT molecular complexity index is 679. The molecule has 0 unspecified atom stereocenters. The van der Waals surface area contributed by atoms with Gasteiger partial charge < -0.3 is 10.4 Å². The lowest BCUT2D eigenvalue weighted by Crippen LogP contribution is -2.33. The Kier molecular flexibility index (Phi) is 3.70. The van der Waals surface area contributed by atoms with E-state index in [1.165, 1.54) is 0 Å². The fraction of sp³-hybridized carbons (Fsp3) is 0.235.